The van der Waals surface area contributed by atoms with Crippen LogP contribution in [0.4, 0.5) is 0 Å². The Morgan fingerprint density at radius 2 is 1.96 bits per heavy atom. The summed E-state index contributed by atoms with van der Waals surface area (Å²) in [6.45, 7) is 7.65. The number of nitrogens with one attached hydrogen (secondary N) is 1. The van der Waals surface area contributed by atoms with Crippen LogP contribution in [0, 0.1) is 11.3 Å². The van der Waals surface area contributed by atoms with E-state index in [9.17, 15) is 10.1 Å². The Labute approximate surface area is 153 Å². The summed E-state index contributed by atoms with van der Waals surface area (Å²) >= 11 is 1.53. The van der Waals surface area contributed by atoms with E-state index in [0.717, 1.165) is 34.3 Å². The van der Waals surface area contributed by atoms with Gasteiger partial charge in [0.1, 0.15) is 16.7 Å². The van der Waals surface area contributed by atoms with E-state index in [0.29, 0.717) is 19.6 Å². The van der Waals surface area contributed by atoms with Crippen molar-refractivity contribution in [1.82, 2.24) is 15.1 Å². The predicted octanol–water partition coefficient (Wildman–Crippen LogP) is 2.61. The number of piperazine rings is 1. The van der Waals surface area contributed by atoms with Gasteiger partial charge in [-0.1, -0.05) is 42.1 Å². The fraction of sp³-hybridized carbons (Fsp3) is 0.368. The molecule has 1 fully saturated rings. The zero-order valence-corrected chi connectivity index (χ0v) is 15.4. The lowest BCUT2D eigenvalue weighted by Crippen LogP contribution is -2.47. The van der Waals surface area contributed by atoms with Gasteiger partial charge in [0.15, 0.2) is 0 Å². The molecule has 0 unspecified atom stereocenters. The van der Waals surface area contributed by atoms with Crippen LogP contribution in [0.15, 0.2) is 45.8 Å². The van der Waals surface area contributed by atoms with Crippen LogP contribution >= 0.6 is 11.8 Å². The molecule has 0 atom stereocenters. The van der Waals surface area contributed by atoms with Gasteiger partial charge < -0.3 is 15.1 Å². The number of amides is 1. The van der Waals surface area contributed by atoms with Crippen molar-refractivity contribution in [2.75, 3.05) is 32.7 Å². The van der Waals surface area contributed by atoms with Crippen LogP contribution in [0.3, 0.4) is 0 Å². The van der Waals surface area contributed by atoms with E-state index in [1.165, 1.54) is 11.8 Å². The number of rotatable bonds is 3. The molecule has 6 heteroatoms. The molecule has 0 aliphatic carbocycles. The molecule has 2 aliphatic rings. The number of carbonyl (C=O) groups excluding carboxylic acids is 1. The van der Waals surface area contributed by atoms with Gasteiger partial charge in [-0.25, -0.2) is 0 Å². The third-order valence-electron chi connectivity index (χ3n) is 4.41. The first kappa shape index (κ1) is 17.6. The van der Waals surface area contributed by atoms with Crippen molar-refractivity contribution < 1.29 is 4.79 Å². The highest BCUT2D eigenvalue weighted by molar-refractivity contribution is 8.07. The lowest BCUT2D eigenvalue weighted by atomic mass is 10.1. The Hall–Kier alpha value is -2.23. The molecule has 2 heterocycles. The Morgan fingerprint density at radius 3 is 2.56 bits per heavy atom. The maximum Gasteiger partial charge on any atom is 0.267 e. The van der Waals surface area contributed by atoms with Crippen molar-refractivity contribution in [2.45, 2.75) is 13.8 Å². The van der Waals surface area contributed by atoms with Crippen LogP contribution in [0.2, 0.25) is 0 Å². The van der Waals surface area contributed by atoms with Crippen LogP contribution in [0.5, 0.6) is 0 Å². The van der Waals surface area contributed by atoms with Crippen LogP contribution < -0.4 is 5.32 Å². The van der Waals surface area contributed by atoms with E-state index in [1.807, 2.05) is 32.0 Å². The first-order chi connectivity index (χ1) is 12.2. The highest BCUT2D eigenvalue weighted by Gasteiger charge is 2.32. The molecule has 1 saturated heterocycles. The second-order valence-corrected chi connectivity index (χ2v) is 7.15. The lowest BCUT2D eigenvalue weighted by Gasteiger charge is -2.28. The SMILES string of the molecule is CCN1C(=C(C#N)C(=O)N2CCNCC2)SC(C)=C1c1ccccc1. The maximum atomic E-state index is 12.9. The predicted molar refractivity (Wildman–Crippen MR) is 101 cm³/mol. The smallest absolute Gasteiger partial charge is 0.267 e. The summed E-state index contributed by atoms with van der Waals surface area (Å²) in [6, 6.07) is 12.3. The van der Waals surface area contributed by atoms with E-state index in [4.69, 9.17) is 0 Å². The van der Waals surface area contributed by atoms with Gasteiger partial charge in [0, 0.05) is 37.6 Å². The summed E-state index contributed by atoms with van der Waals surface area (Å²) in [4.78, 5) is 17.9. The minimum atomic E-state index is -0.160. The highest BCUT2D eigenvalue weighted by atomic mass is 32.2. The fourth-order valence-electron chi connectivity index (χ4n) is 3.20. The van der Waals surface area contributed by atoms with Gasteiger partial charge in [0.2, 0.25) is 0 Å². The standard InChI is InChI=1S/C19H22N4OS/c1-3-23-17(15-7-5-4-6-8-15)14(2)25-19(23)16(13-20)18(24)22-11-9-21-10-12-22/h4-8,21H,3,9-12H2,1-2H3. The molecule has 1 N–H and O–H groups in total. The van der Waals surface area contributed by atoms with E-state index in [1.54, 1.807) is 4.90 Å². The van der Waals surface area contributed by atoms with E-state index < -0.39 is 0 Å². The molecule has 2 aliphatic heterocycles. The van der Waals surface area contributed by atoms with Crippen molar-refractivity contribution >= 4 is 23.4 Å². The first-order valence-corrected chi connectivity index (χ1v) is 9.35. The molecule has 3 rings (SSSR count). The molecule has 5 nitrogen and oxygen atoms in total. The maximum absolute atomic E-state index is 12.9. The zero-order chi connectivity index (χ0) is 17.8. The van der Waals surface area contributed by atoms with E-state index in [2.05, 4.69) is 28.4 Å². The average molecular weight is 354 g/mol. The summed E-state index contributed by atoms with van der Waals surface area (Å²) in [5, 5.41) is 13.7. The minimum absolute atomic E-state index is 0.160. The van der Waals surface area contributed by atoms with Crippen molar-refractivity contribution in [3.05, 3.63) is 51.4 Å². The molecule has 1 amide bonds. The topological polar surface area (TPSA) is 59.4 Å². The summed E-state index contributed by atoms with van der Waals surface area (Å²) in [7, 11) is 0. The Balaban J connectivity index is 1.97. The molecular formula is C19H22N4OS. The Kier molecular flexibility index (Phi) is 5.47. The second kappa shape index (κ2) is 7.77. The van der Waals surface area contributed by atoms with Crippen molar-refractivity contribution in [3.8, 4) is 6.07 Å². The van der Waals surface area contributed by atoms with Gasteiger partial charge in [0.05, 0.1) is 5.70 Å². The minimum Gasteiger partial charge on any atom is -0.335 e. The monoisotopic (exact) mass is 354 g/mol. The quantitative estimate of drug-likeness (QED) is 0.668. The normalized spacial score (nSPS) is 19.9. The van der Waals surface area contributed by atoms with Crippen LogP contribution in [-0.4, -0.2) is 48.4 Å². The molecule has 0 spiro atoms. The molecule has 1 aromatic rings. The number of nitrogens with zero attached hydrogens (tertiary/aromatic N) is 3. The number of hydrogen-bond donors (Lipinski definition) is 1. The van der Waals surface area contributed by atoms with Gasteiger partial charge in [0.25, 0.3) is 5.91 Å². The summed E-state index contributed by atoms with van der Waals surface area (Å²) in [6.07, 6.45) is 0. The van der Waals surface area contributed by atoms with Crippen molar-refractivity contribution in [3.63, 3.8) is 0 Å². The van der Waals surface area contributed by atoms with Gasteiger partial charge >= 0.3 is 0 Å². The summed E-state index contributed by atoms with van der Waals surface area (Å²) < 4.78 is 0. The van der Waals surface area contributed by atoms with Gasteiger partial charge in [-0.05, 0) is 19.4 Å². The highest BCUT2D eigenvalue weighted by Crippen LogP contribution is 2.46. The number of nitriles is 1. The van der Waals surface area contributed by atoms with Crippen molar-refractivity contribution in [1.29, 1.82) is 5.26 Å². The zero-order valence-electron chi connectivity index (χ0n) is 14.6. The lowest BCUT2D eigenvalue weighted by molar-refractivity contribution is -0.127. The number of hydrogen-bond acceptors (Lipinski definition) is 5. The molecule has 0 saturated carbocycles. The number of benzene rings is 1. The molecule has 25 heavy (non-hydrogen) atoms. The van der Waals surface area contributed by atoms with Crippen LogP contribution in [-0.2, 0) is 4.79 Å². The molecule has 1 aromatic carbocycles. The van der Waals surface area contributed by atoms with Crippen LogP contribution in [0.25, 0.3) is 5.70 Å². The van der Waals surface area contributed by atoms with E-state index >= 15 is 0 Å². The van der Waals surface area contributed by atoms with Gasteiger partial charge in [-0.3, -0.25) is 4.79 Å². The molecule has 0 aromatic heterocycles. The Bertz CT molecular complexity index is 757. The number of thioether (sulfide) groups is 1. The van der Waals surface area contributed by atoms with Crippen molar-refractivity contribution in [2.24, 2.45) is 0 Å². The number of allylic oxidation sites excluding steroid dienone is 1. The molecule has 130 valence electrons. The second-order valence-electron chi connectivity index (χ2n) is 5.95. The largest absolute Gasteiger partial charge is 0.335 e. The molecule has 0 radical (unpaired) electrons. The van der Waals surface area contributed by atoms with E-state index in [-0.39, 0.29) is 11.5 Å². The fourth-order valence-corrected chi connectivity index (χ4v) is 4.38. The molecule has 0 bridgehead atoms. The third-order valence-corrected chi connectivity index (χ3v) is 5.52. The molecular weight excluding hydrogens is 332 g/mol. The first-order valence-electron chi connectivity index (χ1n) is 8.53. The van der Waals surface area contributed by atoms with Gasteiger partial charge in [-0.2, -0.15) is 5.26 Å². The summed E-state index contributed by atoms with van der Waals surface area (Å²) in [5.41, 5.74) is 2.44. The number of carbonyl (C=O) groups is 1. The third kappa shape index (κ3) is 3.44. The van der Waals surface area contributed by atoms with Crippen LogP contribution in [0.1, 0.15) is 19.4 Å². The summed E-state index contributed by atoms with van der Waals surface area (Å²) in [5.74, 6) is -0.160. The average Bonchev–Trinajstić information content (AvgIpc) is 2.99. The van der Waals surface area contributed by atoms with Gasteiger partial charge in [-0.15, -0.1) is 0 Å². The Morgan fingerprint density at radius 1 is 1.28 bits per heavy atom.